The third-order valence-corrected chi connectivity index (χ3v) is 6.89. The average molecular weight is 436 g/mol. The third kappa shape index (κ3) is 3.97. The Morgan fingerprint density at radius 3 is 2.75 bits per heavy atom. The quantitative estimate of drug-likeness (QED) is 0.698. The number of hydrogen-bond acceptors (Lipinski definition) is 5. The summed E-state index contributed by atoms with van der Waals surface area (Å²) >= 11 is 0. The van der Waals surface area contributed by atoms with Crippen molar-refractivity contribution in [2.24, 2.45) is 5.92 Å². The minimum absolute atomic E-state index is 0.0462. The molecule has 3 fully saturated rings. The summed E-state index contributed by atoms with van der Waals surface area (Å²) in [5, 5.41) is 0. The maximum Gasteiger partial charge on any atom is 0.257 e. The number of ether oxygens (including phenoxy) is 2. The van der Waals surface area contributed by atoms with E-state index < -0.39 is 5.60 Å². The van der Waals surface area contributed by atoms with Crippen LogP contribution in [0.1, 0.15) is 36.3 Å². The zero-order valence-corrected chi connectivity index (χ0v) is 18.4. The lowest BCUT2D eigenvalue weighted by atomic mass is 9.83. The highest BCUT2D eigenvalue weighted by Gasteiger charge is 2.58. The lowest BCUT2D eigenvalue weighted by molar-refractivity contribution is -0.173. The SMILES string of the molecule is COc1ccc(CN2CCO[C@@]3(CN(C(=O)CC4CC4)C[C@H]3c3cccnc3)C2=O)cc1. The summed E-state index contributed by atoms with van der Waals surface area (Å²) in [5.41, 5.74) is 0.912. The molecular weight excluding hydrogens is 406 g/mol. The highest BCUT2D eigenvalue weighted by molar-refractivity contribution is 5.90. The van der Waals surface area contributed by atoms with Crippen LogP contribution in [-0.4, -0.2) is 65.6 Å². The van der Waals surface area contributed by atoms with Gasteiger partial charge in [0.2, 0.25) is 5.91 Å². The molecule has 3 heterocycles. The minimum atomic E-state index is -1.06. The van der Waals surface area contributed by atoms with Gasteiger partial charge in [-0.25, -0.2) is 0 Å². The molecule has 0 N–H and O–H groups in total. The summed E-state index contributed by atoms with van der Waals surface area (Å²) in [4.78, 5) is 34.8. The van der Waals surface area contributed by atoms with Gasteiger partial charge in [-0.2, -0.15) is 0 Å². The first-order valence-electron chi connectivity index (χ1n) is 11.3. The lowest BCUT2D eigenvalue weighted by Gasteiger charge is -2.42. The van der Waals surface area contributed by atoms with Crippen molar-refractivity contribution in [3.63, 3.8) is 0 Å². The van der Waals surface area contributed by atoms with Gasteiger partial charge in [-0.1, -0.05) is 18.2 Å². The van der Waals surface area contributed by atoms with Gasteiger partial charge in [-0.15, -0.1) is 0 Å². The lowest BCUT2D eigenvalue weighted by Crippen LogP contribution is -2.60. The molecular formula is C25H29N3O4. The molecule has 1 spiro atoms. The molecule has 0 unspecified atom stereocenters. The molecule has 7 heteroatoms. The van der Waals surface area contributed by atoms with Gasteiger partial charge >= 0.3 is 0 Å². The van der Waals surface area contributed by atoms with Crippen LogP contribution in [0.15, 0.2) is 48.8 Å². The maximum atomic E-state index is 13.9. The van der Waals surface area contributed by atoms with Gasteiger partial charge in [0, 0.05) is 44.4 Å². The van der Waals surface area contributed by atoms with Crippen LogP contribution in [0.25, 0.3) is 0 Å². The van der Waals surface area contributed by atoms with E-state index in [0.29, 0.717) is 45.1 Å². The number of likely N-dealkylation sites (tertiary alicyclic amines) is 1. The average Bonchev–Trinajstić information content (AvgIpc) is 3.56. The van der Waals surface area contributed by atoms with Crippen molar-refractivity contribution in [2.75, 3.05) is 33.4 Å². The van der Waals surface area contributed by atoms with E-state index in [-0.39, 0.29) is 17.7 Å². The fourth-order valence-corrected chi connectivity index (χ4v) is 4.90. The second-order valence-electron chi connectivity index (χ2n) is 9.07. The number of rotatable bonds is 6. The smallest absolute Gasteiger partial charge is 0.257 e. The predicted molar refractivity (Wildman–Crippen MR) is 118 cm³/mol. The van der Waals surface area contributed by atoms with Crippen molar-refractivity contribution in [2.45, 2.75) is 37.3 Å². The molecule has 1 aromatic carbocycles. The van der Waals surface area contributed by atoms with Gasteiger partial charge in [0.25, 0.3) is 5.91 Å². The Kier molecular flexibility index (Phi) is 5.59. The third-order valence-electron chi connectivity index (χ3n) is 6.89. The molecule has 5 rings (SSSR count). The van der Waals surface area contributed by atoms with E-state index in [1.807, 2.05) is 46.2 Å². The van der Waals surface area contributed by atoms with Gasteiger partial charge in [-0.3, -0.25) is 14.6 Å². The van der Waals surface area contributed by atoms with E-state index >= 15 is 0 Å². The number of hydrogen-bond donors (Lipinski definition) is 0. The van der Waals surface area contributed by atoms with Crippen LogP contribution in [0.2, 0.25) is 0 Å². The fraction of sp³-hybridized carbons (Fsp3) is 0.480. The molecule has 0 bridgehead atoms. The number of pyridine rings is 1. The molecule has 168 valence electrons. The van der Waals surface area contributed by atoms with Crippen molar-refractivity contribution in [1.29, 1.82) is 0 Å². The van der Waals surface area contributed by atoms with Crippen LogP contribution < -0.4 is 4.74 Å². The maximum absolute atomic E-state index is 13.9. The highest BCUT2D eigenvalue weighted by Crippen LogP contribution is 2.43. The number of aromatic nitrogens is 1. The van der Waals surface area contributed by atoms with E-state index in [0.717, 1.165) is 29.7 Å². The predicted octanol–water partition coefficient (Wildman–Crippen LogP) is 2.61. The zero-order chi connectivity index (χ0) is 22.1. The van der Waals surface area contributed by atoms with Gasteiger partial charge in [0.1, 0.15) is 5.75 Å². The standard InChI is InChI=1S/C25H29N3O4/c1-31-21-8-6-19(7-9-21)15-27-11-12-32-25(24(27)30)17-28(23(29)13-18-4-5-18)16-22(25)20-3-2-10-26-14-20/h2-3,6-10,14,18,22H,4-5,11-13,15-17H2,1H3/t22-,25+/m0/s1. The van der Waals surface area contributed by atoms with Crippen molar-refractivity contribution < 1.29 is 19.1 Å². The minimum Gasteiger partial charge on any atom is -0.497 e. The van der Waals surface area contributed by atoms with E-state index in [9.17, 15) is 9.59 Å². The molecule has 2 saturated heterocycles. The number of morpholine rings is 1. The first-order chi connectivity index (χ1) is 15.6. The van der Waals surface area contributed by atoms with Gasteiger partial charge in [0.05, 0.1) is 20.3 Å². The molecule has 2 amide bonds. The molecule has 1 aliphatic carbocycles. The second-order valence-corrected chi connectivity index (χ2v) is 9.07. The number of carbonyl (C=O) groups is 2. The van der Waals surface area contributed by atoms with Crippen LogP contribution in [-0.2, 0) is 20.9 Å². The Hall–Kier alpha value is -2.93. The van der Waals surface area contributed by atoms with Crippen LogP contribution >= 0.6 is 0 Å². The van der Waals surface area contributed by atoms with E-state index in [2.05, 4.69) is 4.98 Å². The highest BCUT2D eigenvalue weighted by atomic mass is 16.5. The molecule has 0 radical (unpaired) electrons. The van der Waals surface area contributed by atoms with Crippen LogP contribution in [0.4, 0.5) is 0 Å². The summed E-state index contributed by atoms with van der Waals surface area (Å²) in [6, 6.07) is 11.6. The molecule has 3 aliphatic rings. The summed E-state index contributed by atoms with van der Waals surface area (Å²) in [6.07, 6.45) is 6.34. The summed E-state index contributed by atoms with van der Waals surface area (Å²) in [6.45, 7) is 2.27. The van der Waals surface area contributed by atoms with Crippen LogP contribution in [0.5, 0.6) is 5.75 Å². The molecule has 7 nitrogen and oxygen atoms in total. The van der Waals surface area contributed by atoms with E-state index in [1.54, 1.807) is 19.5 Å². The summed E-state index contributed by atoms with van der Waals surface area (Å²) in [7, 11) is 1.64. The van der Waals surface area contributed by atoms with Gasteiger partial charge in [0.15, 0.2) is 5.60 Å². The Labute approximate surface area is 188 Å². The molecule has 2 aliphatic heterocycles. The fourth-order valence-electron chi connectivity index (χ4n) is 4.90. The first-order valence-corrected chi connectivity index (χ1v) is 11.3. The molecule has 1 aromatic heterocycles. The zero-order valence-electron chi connectivity index (χ0n) is 18.4. The largest absolute Gasteiger partial charge is 0.497 e. The number of amides is 2. The number of nitrogens with zero attached hydrogens (tertiary/aromatic N) is 3. The normalized spacial score (nSPS) is 25.4. The second kappa shape index (κ2) is 8.54. The Balaban J connectivity index is 1.41. The van der Waals surface area contributed by atoms with Gasteiger partial charge in [-0.05, 0) is 48.1 Å². The Morgan fingerprint density at radius 2 is 2.06 bits per heavy atom. The topological polar surface area (TPSA) is 72.0 Å². The molecule has 2 aromatic rings. The van der Waals surface area contributed by atoms with E-state index in [1.165, 1.54) is 0 Å². The van der Waals surface area contributed by atoms with E-state index in [4.69, 9.17) is 9.47 Å². The Bertz CT molecular complexity index is 976. The Morgan fingerprint density at radius 1 is 1.25 bits per heavy atom. The van der Waals surface area contributed by atoms with Gasteiger partial charge < -0.3 is 19.3 Å². The number of methoxy groups -OCH3 is 1. The van der Waals surface area contributed by atoms with Crippen molar-refractivity contribution >= 4 is 11.8 Å². The first kappa shape index (κ1) is 20.9. The van der Waals surface area contributed by atoms with Crippen molar-refractivity contribution in [3.8, 4) is 5.75 Å². The molecule has 2 atom stereocenters. The molecule has 32 heavy (non-hydrogen) atoms. The van der Waals surface area contributed by atoms with Crippen LogP contribution in [0.3, 0.4) is 0 Å². The summed E-state index contributed by atoms with van der Waals surface area (Å²) in [5.74, 6) is 1.14. The molecule has 1 saturated carbocycles. The number of benzene rings is 1. The van der Waals surface area contributed by atoms with Crippen molar-refractivity contribution in [3.05, 3.63) is 59.9 Å². The summed E-state index contributed by atoms with van der Waals surface area (Å²) < 4.78 is 11.5. The monoisotopic (exact) mass is 435 g/mol. The van der Waals surface area contributed by atoms with Crippen LogP contribution in [0, 0.1) is 5.92 Å². The number of carbonyl (C=O) groups excluding carboxylic acids is 2. The van der Waals surface area contributed by atoms with Crippen molar-refractivity contribution in [1.82, 2.24) is 14.8 Å².